The number of esters is 1. The van der Waals surface area contributed by atoms with Crippen LogP contribution in [0.3, 0.4) is 0 Å². The molecule has 0 aromatic heterocycles. The molecule has 6 heteroatoms. The minimum absolute atomic E-state index is 0.134. The molecule has 188 valence electrons. The van der Waals surface area contributed by atoms with Gasteiger partial charge in [-0.15, -0.1) is 0 Å². The average molecular weight is 479 g/mol. The fraction of sp³-hybridized carbons (Fsp3) is 0.741. The molecule has 0 amide bonds. The first-order valence-electron chi connectivity index (χ1n) is 12.5. The highest BCUT2D eigenvalue weighted by Gasteiger charge is 2.41. The van der Waals surface area contributed by atoms with Crippen molar-refractivity contribution in [3.05, 3.63) is 23.3 Å². The molecular formula is C27H46O5Si. The lowest BCUT2D eigenvalue weighted by Gasteiger charge is -2.43. The Morgan fingerprint density at radius 1 is 0.970 bits per heavy atom. The second-order valence-corrected chi connectivity index (χ2v) is 15.7. The molecule has 1 rings (SSSR count). The quantitative estimate of drug-likeness (QED) is 0.135. The molecule has 0 heterocycles. The molecule has 0 spiro atoms. The van der Waals surface area contributed by atoms with Crippen LogP contribution in [0.2, 0.25) is 18.1 Å². The molecule has 1 aliphatic rings. The molecule has 5 nitrogen and oxygen atoms in total. The van der Waals surface area contributed by atoms with Crippen molar-refractivity contribution in [2.75, 3.05) is 6.61 Å². The molecule has 0 saturated heterocycles. The van der Waals surface area contributed by atoms with Crippen molar-refractivity contribution in [1.29, 1.82) is 0 Å². The van der Waals surface area contributed by atoms with Crippen molar-refractivity contribution in [3.63, 3.8) is 0 Å². The molecular weight excluding hydrogens is 432 g/mol. The molecule has 0 radical (unpaired) electrons. The van der Waals surface area contributed by atoms with Crippen LogP contribution >= 0.6 is 0 Å². The van der Waals surface area contributed by atoms with E-state index in [1.165, 1.54) is 18.9 Å². The van der Waals surface area contributed by atoms with Gasteiger partial charge in [0.2, 0.25) is 0 Å². The van der Waals surface area contributed by atoms with Crippen LogP contribution in [0.1, 0.15) is 92.9 Å². The lowest BCUT2D eigenvalue weighted by Crippen LogP contribution is -2.46. The van der Waals surface area contributed by atoms with E-state index in [2.05, 4.69) is 40.8 Å². The van der Waals surface area contributed by atoms with Gasteiger partial charge in [0.25, 0.3) is 0 Å². The fourth-order valence-corrected chi connectivity index (χ4v) is 5.43. The SMILES string of the molecule is CCOC(=O)CC(=O)/C=C(\C)CCCC(=O)/C=C(\C)[C@H]1CCCC[C@@H]1O[Si](C)(C)C(C)(C)C. The first kappa shape index (κ1) is 29.5. The van der Waals surface area contributed by atoms with Crippen molar-refractivity contribution in [3.8, 4) is 0 Å². The van der Waals surface area contributed by atoms with Gasteiger partial charge < -0.3 is 9.16 Å². The highest BCUT2D eigenvalue weighted by atomic mass is 28.4. The first-order chi connectivity index (χ1) is 15.3. The summed E-state index contributed by atoms with van der Waals surface area (Å²) in [4.78, 5) is 35.9. The lowest BCUT2D eigenvalue weighted by molar-refractivity contribution is -0.144. The van der Waals surface area contributed by atoms with Crippen LogP contribution < -0.4 is 0 Å². The largest absolute Gasteiger partial charge is 0.466 e. The van der Waals surface area contributed by atoms with Gasteiger partial charge in [-0.05, 0) is 76.7 Å². The number of hydrogen-bond acceptors (Lipinski definition) is 5. The third kappa shape index (κ3) is 10.5. The summed E-state index contributed by atoms with van der Waals surface area (Å²) in [5.74, 6) is -0.298. The Kier molecular flexibility index (Phi) is 12.0. The molecule has 33 heavy (non-hydrogen) atoms. The summed E-state index contributed by atoms with van der Waals surface area (Å²) in [7, 11) is -1.86. The molecule has 0 unspecified atom stereocenters. The Hall–Kier alpha value is -1.53. The van der Waals surface area contributed by atoms with Crippen molar-refractivity contribution in [2.45, 2.75) is 117 Å². The van der Waals surface area contributed by atoms with E-state index in [0.717, 1.165) is 24.0 Å². The number of allylic oxidation sites excluding steroid dienone is 3. The van der Waals surface area contributed by atoms with Crippen LogP contribution in [0.4, 0.5) is 0 Å². The molecule has 0 aliphatic heterocycles. The topological polar surface area (TPSA) is 69.7 Å². The summed E-state index contributed by atoms with van der Waals surface area (Å²) in [6.07, 6.45) is 9.62. The molecule has 0 N–H and O–H groups in total. The molecule has 0 aromatic carbocycles. The highest BCUT2D eigenvalue weighted by molar-refractivity contribution is 6.74. The second-order valence-electron chi connectivity index (χ2n) is 11.0. The zero-order chi connectivity index (χ0) is 25.2. The minimum atomic E-state index is -1.86. The summed E-state index contributed by atoms with van der Waals surface area (Å²) in [6, 6.07) is 0. The second kappa shape index (κ2) is 13.4. The van der Waals surface area contributed by atoms with E-state index in [0.29, 0.717) is 25.2 Å². The summed E-state index contributed by atoms with van der Waals surface area (Å²) >= 11 is 0. The molecule has 0 bridgehead atoms. The van der Waals surface area contributed by atoms with Crippen LogP contribution in [0.15, 0.2) is 23.3 Å². The third-order valence-electron chi connectivity index (χ3n) is 6.95. The van der Waals surface area contributed by atoms with Gasteiger partial charge in [-0.25, -0.2) is 0 Å². The van der Waals surface area contributed by atoms with E-state index in [-0.39, 0.29) is 35.7 Å². The maximum Gasteiger partial charge on any atom is 0.313 e. The van der Waals surface area contributed by atoms with Crippen molar-refractivity contribution in [2.24, 2.45) is 5.92 Å². The molecule has 1 saturated carbocycles. The van der Waals surface area contributed by atoms with Gasteiger partial charge in [-0.2, -0.15) is 0 Å². The monoisotopic (exact) mass is 478 g/mol. The fourth-order valence-electron chi connectivity index (χ4n) is 4.04. The number of hydrogen-bond donors (Lipinski definition) is 0. The van der Waals surface area contributed by atoms with Gasteiger partial charge in [-0.1, -0.05) is 44.8 Å². The van der Waals surface area contributed by atoms with E-state index in [1.54, 1.807) is 6.92 Å². The van der Waals surface area contributed by atoms with Crippen molar-refractivity contribution < 1.29 is 23.5 Å². The van der Waals surface area contributed by atoms with Crippen LogP contribution in [0.5, 0.6) is 0 Å². The zero-order valence-electron chi connectivity index (χ0n) is 22.2. The van der Waals surface area contributed by atoms with Gasteiger partial charge in [-0.3, -0.25) is 14.4 Å². The molecule has 0 aromatic rings. The van der Waals surface area contributed by atoms with Gasteiger partial charge in [0.15, 0.2) is 19.9 Å². The van der Waals surface area contributed by atoms with E-state index < -0.39 is 14.3 Å². The highest BCUT2D eigenvalue weighted by Crippen LogP contribution is 2.41. The molecule has 1 fully saturated rings. The number of ketones is 2. The molecule has 2 atom stereocenters. The maximum atomic E-state index is 12.6. The summed E-state index contributed by atoms with van der Waals surface area (Å²) in [5, 5.41) is 0.172. The van der Waals surface area contributed by atoms with Crippen LogP contribution in [0.25, 0.3) is 0 Å². The van der Waals surface area contributed by atoms with Crippen LogP contribution in [-0.2, 0) is 23.5 Å². The summed E-state index contributed by atoms with van der Waals surface area (Å²) in [5.41, 5.74) is 2.02. The normalized spacial score (nSPS) is 20.5. The smallest absolute Gasteiger partial charge is 0.313 e. The van der Waals surface area contributed by atoms with E-state index >= 15 is 0 Å². The Balaban J connectivity index is 2.62. The number of rotatable bonds is 12. The predicted octanol–water partition coefficient (Wildman–Crippen LogP) is 6.72. The summed E-state index contributed by atoms with van der Waals surface area (Å²) in [6.45, 7) is 17.3. The Labute approximate surface area is 202 Å². The van der Waals surface area contributed by atoms with Gasteiger partial charge in [0.1, 0.15) is 6.42 Å². The Morgan fingerprint density at radius 3 is 2.21 bits per heavy atom. The zero-order valence-corrected chi connectivity index (χ0v) is 23.2. The van der Waals surface area contributed by atoms with Gasteiger partial charge in [0.05, 0.1) is 12.7 Å². The lowest BCUT2D eigenvalue weighted by atomic mass is 9.81. The standard InChI is InChI=1S/C27H46O5Si/c1-9-31-26(30)19-23(29)17-20(2)13-12-14-22(28)18-21(3)24-15-10-11-16-25(24)32-33(7,8)27(4,5)6/h17-18,24-25H,9-16,19H2,1-8H3/b20-17+,21-18+/t24-,25+/m1/s1. The van der Waals surface area contributed by atoms with Crippen LogP contribution in [0, 0.1) is 5.92 Å². The minimum Gasteiger partial charge on any atom is -0.466 e. The van der Waals surface area contributed by atoms with Gasteiger partial charge in [0, 0.05) is 12.3 Å². The van der Waals surface area contributed by atoms with Crippen molar-refractivity contribution >= 4 is 25.9 Å². The molecule has 1 aliphatic carbocycles. The van der Waals surface area contributed by atoms with Crippen molar-refractivity contribution in [1.82, 2.24) is 0 Å². The third-order valence-corrected chi connectivity index (χ3v) is 11.5. The number of ether oxygens (including phenoxy) is 1. The van der Waals surface area contributed by atoms with E-state index in [1.807, 2.05) is 13.0 Å². The predicted molar refractivity (Wildman–Crippen MR) is 137 cm³/mol. The average Bonchev–Trinajstić information content (AvgIpc) is 2.67. The van der Waals surface area contributed by atoms with E-state index in [9.17, 15) is 14.4 Å². The Morgan fingerprint density at radius 2 is 1.61 bits per heavy atom. The number of carbonyl (C=O) groups excluding carboxylic acids is 3. The maximum absolute atomic E-state index is 12.6. The summed E-state index contributed by atoms with van der Waals surface area (Å²) < 4.78 is 11.6. The first-order valence-corrected chi connectivity index (χ1v) is 15.4. The van der Waals surface area contributed by atoms with Gasteiger partial charge >= 0.3 is 5.97 Å². The Bertz CT molecular complexity index is 742. The van der Waals surface area contributed by atoms with Crippen LogP contribution in [-0.4, -0.2) is 38.6 Å². The van der Waals surface area contributed by atoms with E-state index in [4.69, 9.17) is 9.16 Å². The number of carbonyl (C=O) groups is 3.